The van der Waals surface area contributed by atoms with Gasteiger partial charge >= 0.3 is 5.97 Å². The van der Waals surface area contributed by atoms with Gasteiger partial charge in [-0.05, 0) is 46.4 Å². The fraction of sp³-hybridized carbons (Fsp3) is 0.192. The Morgan fingerprint density at radius 3 is 2.50 bits per heavy atom. The van der Waals surface area contributed by atoms with Gasteiger partial charge in [-0.15, -0.1) is 0 Å². The van der Waals surface area contributed by atoms with Crippen LogP contribution in [-0.4, -0.2) is 31.4 Å². The highest BCUT2D eigenvalue weighted by Crippen LogP contribution is 2.40. The quantitative estimate of drug-likeness (QED) is 0.588. The molecule has 0 heterocycles. The van der Waals surface area contributed by atoms with Crippen molar-refractivity contribution in [2.45, 2.75) is 12.3 Å². The molecule has 4 nitrogen and oxygen atoms in total. The van der Waals surface area contributed by atoms with Gasteiger partial charge in [-0.1, -0.05) is 66.7 Å². The number of hydrogen-bond acceptors (Lipinski definition) is 4. The topological polar surface area (TPSA) is 55.8 Å². The monoisotopic (exact) mass is 400 g/mol. The average molecular weight is 400 g/mol. The minimum absolute atomic E-state index is 0.0254. The van der Waals surface area contributed by atoms with Crippen LogP contribution in [0.4, 0.5) is 0 Å². The van der Waals surface area contributed by atoms with E-state index in [0.717, 1.165) is 34.4 Å². The zero-order valence-electron chi connectivity index (χ0n) is 16.9. The van der Waals surface area contributed by atoms with Gasteiger partial charge in [0, 0.05) is 5.92 Å². The van der Waals surface area contributed by atoms with Gasteiger partial charge in [0.15, 0.2) is 0 Å². The molecule has 0 bridgehead atoms. The molecule has 152 valence electrons. The van der Waals surface area contributed by atoms with Crippen LogP contribution in [0.15, 0.2) is 72.8 Å². The molecule has 0 aromatic heterocycles. The smallest absolute Gasteiger partial charge is 0.339 e. The molecule has 4 rings (SSSR count). The summed E-state index contributed by atoms with van der Waals surface area (Å²) in [6, 6.07) is 22.0. The van der Waals surface area contributed by atoms with Crippen molar-refractivity contribution in [1.29, 1.82) is 0 Å². The Hall–Kier alpha value is -3.37. The summed E-state index contributed by atoms with van der Waals surface area (Å²) in [5.41, 5.74) is 5.48. The lowest BCUT2D eigenvalue weighted by molar-refractivity contribution is 0.0434. The van der Waals surface area contributed by atoms with E-state index >= 15 is 0 Å². The summed E-state index contributed by atoms with van der Waals surface area (Å²) < 4.78 is 10.6. The van der Waals surface area contributed by atoms with Crippen LogP contribution in [0, 0.1) is 0 Å². The number of fused-ring (bicyclic) bond motifs is 1. The van der Waals surface area contributed by atoms with Crippen LogP contribution >= 0.6 is 0 Å². The molecule has 0 spiro atoms. The van der Waals surface area contributed by atoms with Gasteiger partial charge in [-0.2, -0.15) is 0 Å². The van der Waals surface area contributed by atoms with E-state index in [-0.39, 0.29) is 19.1 Å². The van der Waals surface area contributed by atoms with Crippen molar-refractivity contribution in [2.24, 2.45) is 0 Å². The fourth-order valence-electron chi connectivity index (χ4n) is 4.01. The number of aliphatic hydroxyl groups excluding tert-OH is 1. The van der Waals surface area contributed by atoms with E-state index in [1.807, 2.05) is 54.6 Å². The van der Waals surface area contributed by atoms with Crippen molar-refractivity contribution in [3.05, 3.63) is 95.1 Å². The summed E-state index contributed by atoms with van der Waals surface area (Å²) in [5, 5.41) is 9.12. The van der Waals surface area contributed by atoms with Crippen LogP contribution in [0.3, 0.4) is 0 Å². The highest BCUT2D eigenvalue weighted by atomic mass is 16.5. The second-order valence-corrected chi connectivity index (χ2v) is 7.18. The molecule has 1 N–H and O–H groups in total. The van der Waals surface area contributed by atoms with Crippen LogP contribution in [-0.2, 0) is 4.74 Å². The summed E-state index contributed by atoms with van der Waals surface area (Å²) in [7, 11) is 1.66. The molecule has 0 saturated heterocycles. The number of carbonyl (C=O) groups is 1. The molecule has 0 fully saturated rings. The zero-order valence-corrected chi connectivity index (χ0v) is 16.9. The van der Waals surface area contributed by atoms with E-state index in [4.69, 9.17) is 14.6 Å². The van der Waals surface area contributed by atoms with Crippen molar-refractivity contribution >= 4 is 12.0 Å². The Morgan fingerprint density at radius 1 is 1.03 bits per heavy atom. The van der Waals surface area contributed by atoms with Crippen molar-refractivity contribution in [2.75, 3.05) is 20.3 Å². The fourth-order valence-corrected chi connectivity index (χ4v) is 4.01. The summed E-state index contributed by atoms with van der Waals surface area (Å²) >= 11 is 0. The van der Waals surface area contributed by atoms with Gasteiger partial charge in [0.05, 0.1) is 19.3 Å². The maximum atomic E-state index is 13.0. The van der Waals surface area contributed by atoms with Crippen molar-refractivity contribution in [3.63, 3.8) is 0 Å². The molecule has 3 aromatic rings. The number of hydrogen-bond donors (Lipinski definition) is 1. The molecule has 1 aliphatic rings. The number of aliphatic hydroxyl groups is 1. The van der Waals surface area contributed by atoms with E-state index in [2.05, 4.69) is 24.3 Å². The number of methoxy groups -OCH3 is 1. The number of carbonyl (C=O) groups excluding carboxylic acids is 1. The van der Waals surface area contributed by atoms with E-state index in [0.29, 0.717) is 5.56 Å². The number of benzene rings is 3. The molecule has 1 unspecified atom stereocenters. The largest absolute Gasteiger partial charge is 0.497 e. The van der Waals surface area contributed by atoms with Crippen LogP contribution in [0.2, 0.25) is 0 Å². The first kappa shape index (κ1) is 19.9. The number of ether oxygens (including phenoxy) is 2. The summed E-state index contributed by atoms with van der Waals surface area (Å²) in [6.45, 7) is -0.228. The molecule has 0 radical (unpaired) electrons. The Labute approximate surface area is 176 Å². The van der Waals surface area contributed by atoms with E-state index in [1.165, 1.54) is 5.56 Å². The first-order valence-electron chi connectivity index (χ1n) is 10.0. The van der Waals surface area contributed by atoms with Crippen LogP contribution in [0.1, 0.15) is 39.4 Å². The maximum Gasteiger partial charge on any atom is 0.339 e. The molecular formula is C26H24O4. The first-order chi connectivity index (χ1) is 14.7. The van der Waals surface area contributed by atoms with Crippen molar-refractivity contribution in [1.82, 2.24) is 0 Å². The number of allylic oxidation sites excluding steroid dienone is 1. The molecule has 4 heteroatoms. The van der Waals surface area contributed by atoms with Gasteiger partial charge in [0.25, 0.3) is 0 Å². The van der Waals surface area contributed by atoms with E-state index in [1.54, 1.807) is 7.11 Å². The lowest BCUT2D eigenvalue weighted by atomic mass is 9.79. The first-order valence-corrected chi connectivity index (χ1v) is 10.0. The molecule has 3 aromatic carbocycles. The zero-order chi connectivity index (χ0) is 20.9. The molecule has 0 aliphatic heterocycles. The number of rotatable bonds is 6. The highest BCUT2D eigenvalue weighted by molar-refractivity contribution is 6.02. The Balaban J connectivity index is 1.84. The third kappa shape index (κ3) is 3.87. The van der Waals surface area contributed by atoms with Crippen LogP contribution in [0.5, 0.6) is 5.75 Å². The Kier molecular flexibility index (Phi) is 5.96. The van der Waals surface area contributed by atoms with Gasteiger partial charge < -0.3 is 14.6 Å². The minimum Gasteiger partial charge on any atom is -0.497 e. The average Bonchev–Trinajstić information content (AvgIpc) is 2.82. The number of esters is 1. The lowest BCUT2D eigenvalue weighted by Gasteiger charge is -2.25. The Bertz CT molecular complexity index is 1050. The van der Waals surface area contributed by atoms with Crippen molar-refractivity contribution in [3.8, 4) is 16.9 Å². The van der Waals surface area contributed by atoms with Crippen LogP contribution in [0.25, 0.3) is 17.2 Å². The van der Waals surface area contributed by atoms with Gasteiger partial charge in [-0.25, -0.2) is 4.79 Å². The second kappa shape index (κ2) is 8.97. The molecule has 1 atom stereocenters. The Morgan fingerprint density at radius 2 is 1.80 bits per heavy atom. The SMILES string of the molecule is COc1ccc(C2CC=Cc3c2ccc(-c2ccccc2)c3C(=O)OCCO)cc1. The van der Waals surface area contributed by atoms with Gasteiger partial charge in [0.1, 0.15) is 12.4 Å². The van der Waals surface area contributed by atoms with E-state index < -0.39 is 5.97 Å². The molecular weight excluding hydrogens is 376 g/mol. The predicted molar refractivity (Wildman–Crippen MR) is 118 cm³/mol. The normalized spacial score (nSPS) is 14.8. The van der Waals surface area contributed by atoms with Gasteiger partial charge in [-0.3, -0.25) is 0 Å². The van der Waals surface area contributed by atoms with Gasteiger partial charge in [0.2, 0.25) is 0 Å². The molecule has 1 aliphatic carbocycles. The van der Waals surface area contributed by atoms with E-state index in [9.17, 15) is 4.79 Å². The third-order valence-corrected chi connectivity index (χ3v) is 5.44. The second-order valence-electron chi connectivity index (χ2n) is 7.18. The minimum atomic E-state index is -0.417. The summed E-state index contributed by atoms with van der Waals surface area (Å²) in [6.07, 6.45) is 4.97. The highest BCUT2D eigenvalue weighted by Gasteiger charge is 2.26. The standard InChI is InChI=1S/C26H24O4/c1-29-20-12-10-19(11-13-20)21-8-5-9-24-23(21)15-14-22(18-6-3-2-4-7-18)25(24)26(28)30-17-16-27/h2-7,9-15,21,27H,8,16-17H2,1H3. The van der Waals surface area contributed by atoms with Crippen molar-refractivity contribution < 1.29 is 19.4 Å². The van der Waals surface area contributed by atoms with Crippen LogP contribution < -0.4 is 4.74 Å². The third-order valence-electron chi connectivity index (χ3n) is 5.44. The molecule has 0 saturated carbocycles. The predicted octanol–water partition coefficient (Wildman–Crippen LogP) is 5.06. The molecule has 0 amide bonds. The lowest BCUT2D eigenvalue weighted by Crippen LogP contribution is -2.15. The maximum absolute atomic E-state index is 13.0. The summed E-state index contributed by atoms with van der Waals surface area (Å²) in [4.78, 5) is 13.0. The summed E-state index contributed by atoms with van der Waals surface area (Å²) in [5.74, 6) is 0.544. The molecule has 30 heavy (non-hydrogen) atoms.